The summed E-state index contributed by atoms with van der Waals surface area (Å²) in [6.45, 7) is 0. The van der Waals surface area contributed by atoms with Gasteiger partial charge < -0.3 is 5.48 Å². The third-order valence-electron chi connectivity index (χ3n) is 0. The normalized spacial score (nSPS) is 4.50. The van der Waals surface area contributed by atoms with E-state index >= 15 is 0 Å². The Morgan fingerprint density at radius 1 is 1.25 bits per heavy atom. The van der Waals surface area contributed by atoms with Crippen molar-refractivity contribution in [2.75, 3.05) is 0 Å². The molecule has 0 rings (SSSR count). The molecule has 4 heavy (non-hydrogen) atoms. The van der Waals surface area contributed by atoms with Crippen molar-refractivity contribution in [3.05, 3.63) is 0 Å². The van der Waals surface area contributed by atoms with Gasteiger partial charge in [0.2, 0.25) is 0 Å². The Morgan fingerprint density at radius 2 is 1.25 bits per heavy atom. The van der Waals surface area contributed by atoms with E-state index in [0.29, 0.717) is 0 Å². The first-order chi connectivity index (χ1) is 1.41. The van der Waals surface area contributed by atoms with Gasteiger partial charge in [-0.15, -0.1) is 0 Å². The van der Waals surface area contributed by atoms with Gasteiger partial charge in [0.05, 0.1) is 0 Å². The Labute approximate surface area is 36.9 Å². The molecule has 0 aliphatic carbocycles. The molecule has 0 aliphatic heterocycles. The molecular formula is C2H9OSn. The van der Waals surface area contributed by atoms with Crippen LogP contribution in [0.25, 0.3) is 0 Å². The molecule has 0 spiro atoms. The molecular weight excluding hydrogens is 159 g/mol. The molecule has 0 atom stereocenters. The molecule has 0 aliphatic rings. The minimum atomic E-state index is 0. The van der Waals surface area contributed by atoms with Crippen LogP contribution in [0.4, 0.5) is 0 Å². The first kappa shape index (κ1) is 8.83. The second-order valence-electron chi connectivity index (χ2n) is 0.577. The van der Waals surface area contributed by atoms with E-state index < -0.39 is 0 Å². The fourth-order valence-electron chi connectivity index (χ4n) is 0. The molecule has 0 aromatic heterocycles. The molecule has 0 saturated heterocycles. The van der Waals surface area contributed by atoms with Crippen molar-refractivity contribution in [1.29, 1.82) is 0 Å². The van der Waals surface area contributed by atoms with Crippen LogP contribution in [0.1, 0.15) is 0 Å². The Balaban J connectivity index is 0. The summed E-state index contributed by atoms with van der Waals surface area (Å²) in [6.07, 6.45) is 0. The number of hydrogen-bond acceptors (Lipinski definition) is 0. The number of rotatable bonds is 0. The Hall–Kier alpha value is 0.759. The van der Waals surface area contributed by atoms with Crippen molar-refractivity contribution in [3.63, 3.8) is 0 Å². The van der Waals surface area contributed by atoms with Crippen LogP contribution in [0, 0.1) is 0 Å². The van der Waals surface area contributed by atoms with Gasteiger partial charge in [0.25, 0.3) is 0 Å². The fraction of sp³-hybridized carbons (Fsp3) is 1.00. The molecule has 27 valence electrons. The van der Waals surface area contributed by atoms with Crippen molar-refractivity contribution >= 4 is 21.1 Å². The SMILES string of the molecule is O.[CH3][SnH][CH3]. The molecule has 0 amide bonds. The van der Waals surface area contributed by atoms with Gasteiger partial charge >= 0.3 is 31.0 Å². The third kappa shape index (κ3) is 14.8. The summed E-state index contributed by atoms with van der Waals surface area (Å²) < 4.78 is 0. The van der Waals surface area contributed by atoms with Gasteiger partial charge in [-0.05, 0) is 0 Å². The van der Waals surface area contributed by atoms with E-state index in [1.807, 2.05) is 0 Å². The molecule has 1 nitrogen and oxygen atoms in total. The third-order valence-corrected chi connectivity index (χ3v) is 0. The van der Waals surface area contributed by atoms with Gasteiger partial charge in [-0.2, -0.15) is 0 Å². The van der Waals surface area contributed by atoms with Gasteiger partial charge in [-0.25, -0.2) is 0 Å². The van der Waals surface area contributed by atoms with Crippen LogP contribution in [0.15, 0.2) is 0 Å². The van der Waals surface area contributed by atoms with Crippen molar-refractivity contribution in [3.8, 4) is 0 Å². The maximum atomic E-state index is 2.32. The van der Waals surface area contributed by atoms with Crippen molar-refractivity contribution in [1.82, 2.24) is 0 Å². The Bertz CT molecular complexity index is 6.00. The number of hydrogen-bond donors (Lipinski definition) is 0. The van der Waals surface area contributed by atoms with E-state index in [1.54, 1.807) is 0 Å². The van der Waals surface area contributed by atoms with E-state index in [2.05, 4.69) is 9.88 Å². The van der Waals surface area contributed by atoms with Gasteiger partial charge in [-0.3, -0.25) is 0 Å². The Morgan fingerprint density at radius 3 is 1.25 bits per heavy atom. The molecule has 2 N–H and O–H groups in total. The van der Waals surface area contributed by atoms with Crippen molar-refractivity contribution < 1.29 is 5.48 Å². The molecule has 2 heteroatoms. The monoisotopic (exact) mass is 169 g/mol. The van der Waals surface area contributed by atoms with E-state index in [1.165, 1.54) is 0 Å². The minimum absolute atomic E-state index is 0. The zero-order valence-electron chi connectivity index (χ0n) is 3.08. The van der Waals surface area contributed by atoms with Crippen molar-refractivity contribution in [2.24, 2.45) is 0 Å². The van der Waals surface area contributed by atoms with Crippen LogP contribution in [-0.2, 0) is 0 Å². The summed E-state index contributed by atoms with van der Waals surface area (Å²) in [5.41, 5.74) is 0. The van der Waals surface area contributed by atoms with E-state index in [9.17, 15) is 0 Å². The second-order valence-corrected chi connectivity index (χ2v) is 3.87. The van der Waals surface area contributed by atoms with Crippen LogP contribution in [0.3, 0.4) is 0 Å². The van der Waals surface area contributed by atoms with E-state index in [0.717, 1.165) is 0 Å². The molecule has 0 heterocycles. The van der Waals surface area contributed by atoms with E-state index in [-0.39, 0.29) is 26.6 Å². The molecule has 0 bridgehead atoms. The predicted molar refractivity (Wildman–Crippen MR) is 22.5 cm³/mol. The van der Waals surface area contributed by atoms with Crippen LogP contribution in [0.2, 0.25) is 9.88 Å². The summed E-state index contributed by atoms with van der Waals surface area (Å²) >= 11 is 0.110. The molecule has 0 fully saturated rings. The fourth-order valence-corrected chi connectivity index (χ4v) is 0. The van der Waals surface area contributed by atoms with Crippen LogP contribution in [0.5, 0.6) is 0 Å². The average Bonchev–Trinajstić information content (AvgIpc) is 0.918. The summed E-state index contributed by atoms with van der Waals surface area (Å²) in [5, 5.41) is 0. The maximum absolute atomic E-state index is 2.32. The Kier molecular flexibility index (Phi) is 20.4. The van der Waals surface area contributed by atoms with E-state index in [4.69, 9.17) is 0 Å². The van der Waals surface area contributed by atoms with Gasteiger partial charge in [0.15, 0.2) is 0 Å². The zero-order valence-corrected chi connectivity index (χ0v) is 6.37. The zero-order chi connectivity index (χ0) is 2.71. The van der Waals surface area contributed by atoms with Crippen LogP contribution in [-0.4, -0.2) is 26.6 Å². The quantitative estimate of drug-likeness (QED) is 0.444. The summed E-state index contributed by atoms with van der Waals surface area (Å²) in [4.78, 5) is 4.63. The second kappa shape index (κ2) is 9.25. The molecule has 1 radical (unpaired) electrons. The van der Waals surface area contributed by atoms with Gasteiger partial charge in [-0.1, -0.05) is 0 Å². The first-order valence-electron chi connectivity index (χ1n) is 1.15. The molecule has 0 aromatic rings. The molecule has 0 saturated carbocycles. The van der Waals surface area contributed by atoms with Crippen LogP contribution < -0.4 is 0 Å². The summed E-state index contributed by atoms with van der Waals surface area (Å²) in [6, 6.07) is 0. The molecule has 0 aromatic carbocycles. The summed E-state index contributed by atoms with van der Waals surface area (Å²) in [7, 11) is 0. The summed E-state index contributed by atoms with van der Waals surface area (Å²) in [5.74, 6) is 0. The van der Waals surface area contributed by atoms with Gasteiger partial charge in [0, 0.05) is 0 Å². The van der Waals surface area contributed by atoms with Crippen molar-refractivity contribution in [2.45, 2.75) is 9.88 Å². The first-order valence-corrected chi connectivity index (χ1v) is 7.75. The standard InChI is InChI=1S/2CH3.H2O.Sn.H/h2*1H3;1H2;;. The molecule has 0 unspecified atom stereocenters. The predicted octanol–water partition coefficient (Wildman–Crippen LogP) is -0.306. The topological polar surface area (TPSA) is 31.5 Å². The van der Waals surface area contributed by atoms with Crippen LogP contribution >= 0.6 is 0 Å². The average molecular weight is 168 g/mol. The van der Waals surface area contributed by atoms with Gasteiger partial charge in [0.1, 0.15) is 0 Å².